The number of alkyl halides is 3. The van der Waals surface area contributed by atoms with Gasteiger partial charge >= 0.3 is 6.18 Å². The van der Waals surface area contributed by atoms with E-state index in [1.165, 1.54) is 21.9 Å². The highest BCUT2D eigenvalue weighted by Crippen LogP contribution is 2.38. The van der Waals surface area contributed by atoms with E-state index in [0.717, 1.165) is 0 Å². The summed E-state index contributed by atoms with van der Waals surface area (Å²) >= 11 is 0. The fraction of sp³-hybridized carbons (Fsp3) is 0.636. The molecule has 0 bridgehead atoms. The Morgan fingerprint density at radius 2 is 2.21 bits per heavy atom. The van der Waals surface area contributed by atoms with E-state index >= 15 is 0 Å². The molecule has 0 aliphatic carbocycles. The third-order valence-corrected chi connectivity index (χ3v) is 3.31. The van der Waals surface area contributed by atoms with E-state index in [4.69, 9.17) is 0 Å². The molecule has 0 saturated carbocycles. The molecule has 1 aromatic rings. The third kappa shape index (κ3) is 2.32. The highest BCUT2D eigenvalue weighted by atomic mass is 19.4. The zero-order valence-corrected chi connectivity index (χ0v) is 10.3. The van der Waals surface area contributed by atoms with Crippen molar-refractivity contribution in [3.05, 3.63) is 22.7 Å². The topological polar surface area (TPSA) is 58.4 Å². The van der Waals surface area contributed by atoms with Crippen LogP contribution in [0.2, 0.25) is 0 Å². The molecular weight excluding hydrogens is 263 g/mol. The summed E-state index contributed by atoms with van der Waals surface area (Å²) in [5.74, 6) is -0.0514. The lowest BCUT2D eigenvalue weighted by Crippen LogP contribution is -2.48. The lowest BCUT2D eigenvalue weighted by Gasteiger charge is -2.26. The van der Waals surface area contributed by atoms with Crippen molar-refractivity contribution in [1.29, 1.82) is 0 Å². The quantitative estimate of drug-likeness (QED) is 0.867. The number of nitrogens with zero attached hydrogens (tertiary/aromatic N) is 3. The van der Waals surface area contributed by atoms with Crippen LogP contribution in [0.25, 0.3) is 0 Å². The van der Waals surface area contributed by atoms with E-state index in [9.17, 15) is 23.1 Å². The Balaban J connectivity index is 2.30. The molecule has 2 rings (SSSR count). The van der Waals surface area contributed by atoms with Gasteiger partial charge in [0.1, 0.15) is 0 Å². The van der Waals surface area contributed by atoms with Gasteiger partial charge in [0, 0.05) is 31.9 Å². The molecule has 1 fully saturated rings. The number of hydrogen-bond donors (Lipinski definition) is 1. The van der Waals surface area contributed by atoms with Crippen LogP contribution in [0.15, 0.2) is 17.2 Å². The SMILES string of the molecule is CCn1ccnc(N2CCC(O)(C(F)(F)F)C2)c1=O. The maximum atomic E-state index is 12.7. The van der Waals surface area contributed by atoms with Crippen molar-refractivity contribution in [2.45, 2.75) is 31.7 Å². The number of hydrogen-bond acceptors (Lipinski definition) is 4. The van der Waals surface area contributed by atoms with Crippen molar-refractivity contribution in [1.82, 2.24) is 9.55 Å². The molecule has 5 nitrogen and oxygen atoms in total. The summed E-state index contributed by atoms with van der Waals surface area (Å²) < 4.78 is 39.5. The van der Waals surface area contributed by atoms with Gasteiger partial charge in [-0.05, 0) is 6.92 Å². The molecule has 19 heavy (non-hydrogen) atoms. The first-order chi connectivity index (χ1) is 8.78. The minimum Gasteiger partial charge on any atom is -0.379 e. The Morgan fingerprint density at radius 1 is 1.53 bits per heavy atom. The van der Waals surface area contributed by atoms with Gasteiger partial charge in [0.05, 0.1) is 6.54 Å². The van der Waals surface area contributed by atoms with Gasteiger partial charge in [0.2, 0.25) is 0 Å². The molecule has 106 valence electrons. The van der Waals surface area contributed by atoms with Crippen LogP contribution >= 0.6 is 0 Å². The third-order valence-electron chi connectivity index (χ3n) is 3.31. The summed E-state index contributed by atoms with van der Waals surface area (Å²) in [4.78, 5) is 17.0. The van der Waals surface area contributed by atoms with Gasteiger partial charge in [-0.3, -0.25) is 4.79 Å². The van der Waals surface area contributed by atoms with Crippen molar-refractivity contribution in [3.63, 3.8) is 0 Å². The standard InChI is InChI=1S/C11H14F3N3O2/c1-2-16-6-4-15-8(9(16)18)17-5-3-10(19,7-17)11(12,13)14/h4,6,19H,2-3,5,7H2,1H3. The molecule has 1 aliphatic rings. The lowest BCUT2D eigenvalue weighted by atomic mass is 10.0. The predicted octanol–water partition coefficient (Wildman–Crippen LogP) is 0.767. The summed E-state index contributed by atoms with van der Waals surface area (Å²) in [7, 11) is 0. The predicted molar refractivity (Wildman–Crippen MR) is 62.0 cm³/mol. The molecule has 0 amide bonds. The van der Waals surface area contributed by atoms with E-state index < -0.39 is 30.3 Å². The van der Waals surface area contributed by atoms with Crippen LogP contribution in [0.1, 0.15) is 13.3 Å². The highest BCUT2D eigenvalue weighted by molar-refractivity contribution is 5.38. The van der Waals surface area contributed by atoms with E-state index in [0.29, 0.717) is 6.54 Å². The van der Waals surface area contributed by atoms with Crippen molar-refractivity contribution in [3.8, 4) is 0 Å². The molecule has 1 aliphatic heterocycles. The van der Waals surface area contributed by atoms with Gasteiger partial charge in [-0.2, -0.15) is 13.2 Å². The average Bonchev–Trinajstić information content (AvgIpc) is 2.73. The molecule has 1 N–H and O–H groups in total. The fourth-order valence-corrected chi connectivity index (χ4v) is 2.11. The second-order valence-electron chi connectivity index (χ2n) is 4.54. The smallest absolute Gasteiger partial charge is 0.379 e. The van der Waals surface area contributed by atoms with Crippen molar-refractivity contribution in [2.75, 3.05) is 18.0 Å². The zero-order valence-electron chi connectivity index (χ0n) is 10.3. The number of aromatic nitrogens is 2. The average molecular weight is 277 g/mol. The number of anilines is 1. The van der Waals surface area contributed by atoms with Gasteiger partial charge in [0.25, 0.3) is 5.56 Å². The first kappa shape index (κ1) is 13.9. The van der Waals surface area contributed by atoms with Crippen LogP contribution < -0.4 is 10.5 Å². The Labute approximate surface area is 107 Å². The number of rotatable bonds is 2. The fourth-order valence-electron chi connectivity index (χ4n) is 2.11. The Morgan fingerprint density at radius 3 is 2.74 bits per heavy atom. The highest BCUT2D eigenvalue weighted by Gasteiger charge is 2.57. The van der Waals surface area contributed by atoms with Crippen molar-refractivity contribution >= 4 is 5.82 Å². The molecule has 1 aromatic heterocycles. The molecule has 0 spiro atoms. The van der Waals surface area contributed by atoms with Crippen LogP contribution in [0.5, 0.6) is 0 Å². The maximum Gasteiger partial charge on any atom is 0.418 e. The normalized spacial score (nSPS) is 23.9. The van der Waals surface area contributed by atoms with Gasteiger partial charge < -0.3 is 14.6 Å². The van der Waals surface area contributed by atoms with Crippen LogP contribution in [0.4, 0.5) is 19.0 Å². The lowest BCUT2D eigenvalue weighted by molar-refractivity contribution is -0.250. The van der Waals surface area contributed by atoms with E-state index in [1.807, 2.05) is 0 Å². The van der Waals surface area contributed by atoms with Crippen LogP contribution in [0, 0.1) is 0 Å². The first-order valence-electron chi connectivity index (χ1n) is 5.88. The largest absolute Gasteiger partial charge is 0.418 e. The molecule has 1 atom stereocenters. The van der Waals surface area contributed by atoms with Crippen molar-refractivity contribution in [2.24, 2.45) is 0 Å². The minimum atomic E-state index is -4.71. The molecule has 1 unspecified atom stereocenters. The molecule has 2 heterocycles. The van der Waals surface area contributed by atoms with E-state index in [-0.39, 0.29) is 12.4 Å². The molecule has 0 aromatic carbocycles. The number of β-amino-alcohol motifs (C(OH)–C–C–N with tert-alkyl or cyclic N) is 1. The summed E-state index contributed by atoms with van der Waals surface area (Å²) in [6, 6.07) is 0. The Bertz CT molecular complexity index is 529. The second-order valence-corrected chi connectivity index (χ2v) is 4.54. The maximum absolute atomic E-state index is 12.7. The number of aliphatic hydroxyl groups is 1. The molecule has 0 radical (unpaired) electrons. The van der Waals surface area contributed by atoms with Crippen molar-refractivity contribution < 1.29 is 18.3 Å². The van der Waals surface area contributed by atoms with Gasteiger partial charge in [-0.1, -0.05) is 0 Å². The zero-order chi connectivity index (χ0) is 14.3. The minimum absolute atomic E-state index is 0.0496. The van der Waals surface area contributed by atoms with Crippen LogP contribution in [-0.2, 0) is 6.54 Å². The summed E-state index contributed by atoms with van der Waals surface area (Å²) in [6.45, 7) is 1.45. The molecule has 8 heteroatoms. The van der Waals surface area contributed by atoms with Crippen LogP contribution in [-0.4, -0.2) is 39.5 Å². The summed E-state index contributed by atoms with van der Waals surface area (Å²) in [5, 5.41) is 9.57. The Kier molecular flexibility index (Phi) is 3.29. The Hall–Kier alpha value is -1.57. The summed E-state index contributed by atoms with van der Waals surface area (Å²) in [6.07, 6.45) is -2.33. The summed E-state index contributed by atoms with van der Waals surface area (Å²) in [5.41, 5.74) is -3.22. The second kappa shape index (κ2) is 4.52. The van der Waals surface area contributed by atoms with Crippen LogP contribution in [0.3, 0.4) is 0 Å². The molecular formula is C11H14F3N3O2. The van der Waals surface area contributed by atoms with E-state index in [2.05, 4.69) is 4.98 Å². The van der Waals surface area contributed by atoms with Gasteiger partial charge in [0.15, 0.2) is 11.4 Å². The number of halogens is 3. The monoisotopic (exact) mass is 277 g/mol. The first-order valence-corrected chi connectivity index (χ1v) is 5.88. The van der Waals surface area contributed by atoms with Gasteiger partial charge in [-0.15, -0.1) is 0 Å². The molecule has 1 saturated heterocycles. The van der Waals surface area contributed by atoms with E-state index in [1.54, 1.807) is 6.92 Å². The number of aryl methyl sites for hydroxylation is 1. The van der Waals surface area contributed by atoms with Gasteiger partial charge in [-0.25, -0.2) is 4.98 Å².